The van der Waals surface area contributed by atoms with Crippen LogP contribution in [0.1, 0.15) is 22.2 Å². The van der Waals surface area contributed by atoms with Gasteiger partial charge in [-0.05, 0) is 19.1 Å². The number of hydrogen-bond donors (Lipinski definition) is 0. The van der Waals surface area contributed by atoms with Gasteiger partial charge in [0.25, 0.3) is 0 Å². The zero-order valence-electron chi connectivity index (χ0n) is 8.11. The highest BCUT2D eigenvalue weighted by Gasteiger charge is 2.13. The quantitative estimate of drug-likeness (QED) is 0.774. The molecule has 0 fully saturated rings. The van der Waals surface area contributed by atoms with Crippen LogP contribution in [0.15, 0.2) is 24.5 Å². The lowest BCUT2D eigenvalue weighted by Crippen LogP contribution is -1.97. The molecule has 0 atom stereocenters. The second kappa shape index (κ2) is 4.16. The molecule has 0 aromatic carbocycles. The third-order valence-corrected chi connectivity index (χ3v) is 3.25. The van der Waals surface area contributed by atoms with Crippen LogP contribution in [0.25, 0.3) is 0 Å². The van der Waals surface area contributed by atoms with Crippen molar-refractivity contribution in [2.24, 2.45) is 0 Å². The molecule has 0 aliphatic heterocycles. The van der Waals surface area contributed by atoms with Gasteiger partial charge >= 0.3 is 0 Å². The van der Waals surface area contributed by atoms with Crippen LogP contribution in [0.3, 0.4) is 0 Å². The van der Waals surface area contributed by atoms with E-state index in [1.807, 2.05) is 6.92 Å². The van der Waals surface area contributed by atoms with Gasteiger partial charge in [-0.3, -0.25) is 9.48 Å². The second-order valence-electron chi connectivity index (χ2n) is 3.02. The van der Waals surface area contributed by atoms with E-state index in [1.165, 1.54) is 11.3 Å². The molecule has 0 N–H and O–H groups in total. The maximum atomic E-state index is 11.9. The number of carbonyl (C=O) groups is 1. The summed E-state index contributed by atoms with van der Waals surface area (Å²) in [5.74, 6) is -0.0217. The smallest absolute Gasteiger partial charge is 0.206 e. The molecule has 0 saturated heterocycles. The van der Waals surface area contributed by atoms with Gasteiger partial charge in [-0.15, -0.1) is 11.3 Å². The minimum atomic E-state index is -0.0217. The summed E-state index contributed by atoms with van der Waals surface area (Å²) in [5, 5.41) is 4.06. The van der Waals surface area contributed by atoms with Gasteiger partial charge in [-0.25, -0.2) is 0 Å². The Morgan fingerprint density at radius 3 is 2.93 bits per heavy atom. The molecule has 2 aromatic rings. The largest absolute Gasteiger partial charge is 0.288 e. The molecule has 0 bridgehead atoms. The summed E-state index contributed by atoms with van der Waals surface area (Å²) < 4.78 is 2.35. The number of aryl methyl sites for hydroxylation is 1. The number of halogens is 1. The first kappa shape index (κ1) is 10.4. The summed E-state index contributed by atoms with van der Waals surface area (Å²) in [6, 6.07) is 3.46. The lowest BCUT2D eigenvalue weighted by atomic mass is 10.2. The first-order valence-electron chi connectivity index (χ1n) is 4.53. The van der Waals surface area contributed by atoms with Gasteiger partial charge in [0.1, 0.15) is 0 Å². The van der Waals surface area contributed by atoms with Crippen LogP contribution in [0, 0.1) is 0 Å². The predicted octanol–water partition coefficient (Wildman–Crippen LogP) is 2.85. The summed E-state index contributed by atoms with van der Waals surface area (Å²) in [4.78, 5) is 12.5. The SMILES string of the molecule is CCn1cc(C(=O)c2ccc(Cl)s2)cn1. The molecule has 0 radical (unpaired) electrons. The highest BCUT2D eigenvalue weighted by molar-refractivity contribution is 7.18. The molecule has 0 saturated carbocycles. The van der Waals surface area contributed by atoms with E-state index >= 15 is 0 Å². The Hall–Kier alpha value is -1.13. The topological polar surface area (TPSA) is 34.9 Å². The highest BCUT2D eigenvalue weighted by Crippen LogP contribution is 2.23. The standard InChI is InChI=1S/C10H9ClN2OS/c1-2-13-6-7(5-12-13)10(14)8-3-4-9(11)15-8/h3-6H,2H2,1H3. The minimum Gasteiger partial charge on any atom is -0.288 e. The zero-order chi connectivity index (χ0) is 10.8. The monoisotopic (exact) mass is 240 g/mol. The van der Waals surface area contributed by atoms with Crippen LogP contribution < -0.4 is 0 Å². The molecule has 2 aromatic heterocycles. The molecule has 0 unspecified atom stereocenters. The van der Waals surface area contributed by atoms with Gasteiger partial charge in [0.15, 0.2) is 0 Å². The number of hydrogen-bond acceptors (Lipinski definition) is 3. The summed E-state index contributed by atoms with van der Waals surface area (Å²) in [6.45, 7) is 2.74. The highest BCUT2D eigenvalue weighted by atomic mass is 35.5. The average molecular weight is 241 g/mol. The Morgan fingerprint density at radius 1 is 1.60 bits per heavy atom. The second-order valence-corrected chi connectivity index (χ2v) is 4.73. The van der Waals surface area contributed by atoms with Crippen LogP contribution in [0.4, 0.5) is 0 Å². The third-order valence-electron chi connectivity index (χ3n) is 2.02. The molecule has 0 aliphatic rings. The summed E-state index contributed by atoms with van der Waals surface area (Å²) in [5.41, 5.74) is 0.607. The molecule has 3 nitrogen and oxygen atoms in total. The molecule has 5 heteroatoms. The number of thiophene rings is 1. The van der Waals surface area contributed by atoms with Gasteiger partial charge in [-0.1, -0.05) is 11.6 Å². The summed E-state index contributed by atoms with van der Waals surface area (Å²) in [6.07, 6.45) is 3.33. The first-order valence-corrected chi connectivity index (χ1v) is 5.72. The van der Waals surface area contributed by atoms with Crippen molar-refractivity contribution >= 4 is 28.7 Å². The summed E-state index contributed by atoms with van der Waals surface area (Å²) >= 11 is 7.06. The van der Waals surface area contributed by atoms with E-state index in [-0.39, 0.29) is 5.78 Å². The third kappa shape index (κ3) is 2.11. The molecule has 15 heavy (non-hydrogen) atoms. The number of nitrogens with zero attached hydrogens (tertiary/aromatic N) is 2. The van der Waals surface area contributed by atoms with Crippen molar-refractivity contribution in [2.75, 3.05) is 0 Å². The number of aromatic nitrogens is 2. The number of rotatable bonds is 3. The number of carbonyl (C=O) groups excluding carboxylic acids is 1. The fourth-order valence-corrected chi connectivity index (χ4v) is 2.24. The van der Waals surface area contributed by atoms with Crippen LogP contribution in [-0.2, 0) is 6.54 Å². The van der Waals surface area contributed by atoms with E-state index in [9.17, 15) is 4.79 Å². The Balaban J connectivity index is 2.28. The van der Waals surface area contributed by atoms with E-state index in [0.29, 0.717) is 14.8 Å². The average Bonchev–Trinajstić information content (AvgIpc) is 2.84. The zero-order valence-corrected chi connectivity index (χ0v) is 9.68. The van der Waals surface area contributed by atoms with Crippen molar-refractivity contribution in [3.63, 3.8) is 0 Å². The molecule has 0 amide bonds. The van der Waals surface area contributed by atoms with E-state index < -0.39 is 0 Å². The maximum Gasteiger partial charge on any atom is 0.206 e. The van der Waals surface area contributed by atoms with Gasteiger partial charge in [0, 0.05) is 12.7 Å². The van der Waals surface area contributed by atoms with Crippen molar-refractivity contribution in [3.8, 4) is 0 Å². The van der Waals surface area contributed by atoms with Crippen molar-refractivity contribution < 1.29 is 4.79 Å². The van der Waals surface area contributed by atoms with Crippen LogP contribution in [0.5, 0.6) is 0 Å². The molecule has 2 heterocycles. The molecular weight excluding hydrogens is 232 g/mol. The molecular formula is C10H9ClN2OS. The fourth-order valence-electron chi connectivity index (χ4n) is 1.23. The van der Waals surface area contributed by atoms with E-state index in [0.717, 1.165) is 6.54 Å². The summed E-state index contributed by atoms with van der Waals surface area (Å²) in [7, 11) is 0. The van der Waals surface area contributed by atoms with Crippen molar-refractivity contribution in [1.82, 2.24) is 9.78 Å². The Kier molecular flexibility index (Phi) is 2.88. The van der Waals surface area contributed by atoms with Gasteiger partial charge in [-0.2, -0.15) is 5.10 Å². The Bertz CT molecular complexity index is 489. The molecule has 78 valence electrons. The fraction of sp³-hybridized carbons (Fsp3) is 0.200. The van der Waals surface area contributed by atoms with Crippen LogP contribution >= 0.6 is 22.9 Å². The van der Waals surface area contributed by atoms with Crippen molar-refractivity contribution in [2.45, 2.75) is 13.5 Å². The molecule has 0 spiro atoms. The van der Waals surface area contributed by atoms with Crippen LogP contribution in [-0.4, -0.2) is 15.6 Å². The van der Waals surface area contributed by atoms with Gasteiger partial charge in [0.05, 0.1) is 21.0 Å². The van der Waals surface area contributed by atoms with Gasteiger partial charge < -0.3 is 0 Å². The van der Waals surface area contributed by atoms with Crippen LogP contribution in [0.2, 0.25) is 4.34 Å². The predicted molar refractivity (Wildman–Crippen MR) is 60.7 cm³/mol. The molecule has 2 rings (SSSR count). The first-order chi connectivity index (χ1) is 7.20. The minimum absolute atomic E-state index is 0.0217. The van der Waals surface area contributed by atoms with Crippen molar-refractivity contribution in [1.29, 1.82) is 0 Å². The number of ketones is 1. The maximum absolute atomic E-state index is 11.9. The van der Waals surface area contributed by atoms with Gasteiger partial charge in [0.2, 0.25) is 5.78 Å². The van der Waals surface area contributed by atoms with E-state index in [1.54, 1.807) is 29.2 Å². The van der Waals surface area contributed by atoms with Crippen molar-refractivity contribution in [3.05, 3.63) is 39.3 Å². The molecule has 0 aliphatic carbocycles. The Labute approximate surface area is 96.3 Å². The van der Waals surface area contributed by atoms with E-state index in [4.69, 9.17) is 11.6 Å². The lowest BCUT2D eigenvalue weighted by molar-refractivity contribution is 0.104. The Morgan fingerprint density at radius 2 is 2.40 bits per heavy atom. The lowest BCUT2D eigenvalue weighted by Gasteiger charge is -1.92. The van der Waals surface area contributed by atoms with E-state index in [2.05, 4.69) is 5.10 Å². The normalized spacial score (nSPS) is 10.5.